The lowest BCUT2D eigenvalue weighted by molar-refractivity contribution is 0.0854. The van der Waals surface area contributed by atoms with E-state index in [9.17, 15) is 0 Å². The van der Waals surface area contributed by atoms with Crippen LogP contribution < -0.4 is 5.32 Å². The summed E-state index contributed by atoms with van der Waals surface area (Å²) in [5.74, 6) is 1.44. The zero-order valence-corrected chi connectivity index (χ0v) is 12.5. The van der Waals surface area contributed by atoms with Crippen molar-refractivity contribution in [3.8, 4) is 0 Å². The fourth-order valence-corrected chi connectivity index (χ4v) is 2.85. The highest BCUT2D eigenvalue weighted by molar-refractivity contribution is 5.35. The van der Waals surface area contributed by atoms with E-state index in [4.69, 9.17) is 9.26 Å². The molecule has 0 saturated heterocycles. The number of fused-ring (bicyclic) bond motifs is 1. The summed E-state index contributed by atoms with van der Waals surface area (Å²) in [7, 11) is 1.69. The first kappa shape index (κ1) is 14.2. The monoisotopic (exact) mass is 287 g/mol. The van der Waals surface area contributed by atoms with Crippen molar-refractivity contribution in [1.82, 2.24) is 15.5 Å². The van der Waals surface area contributed by atoms with Gasteiger partial charge in [-0.2, -0.15) is 4.98 Å². The third-order valence-electron chi connectivity index (χ3n) is 3.97. The van der Waals surface area contributed by atoms with Gasteiger partial charge < -0.3 is 14.6 Å². The first-order valence-corrected chi connectivity index (χ1v) is 7.48. The van der Waals surface area contributed by atoms with Crippen molar-refractivity contribution < 1.29 is 9.26 Å². The third-order valence-corrected chi connectivity index (χ3v) is 3.97. The highest BCUT2D eigenvalue weighted by Gasteiger charge is 2.27. The first-order valence-electron chi connectivity index (χ1n) is 7.48. The fourth-order valence-electron chi connectivity index (χ4n) is 2.85. The second-order valence-corrected chi connectivity index (χ2v) is 5.39. The Morgan fingerprint density at radius 3 is 3.10 bits per heavy atom. The number of aromatic nitrogens is 2. The average Bonchev–Trinajstić information content (AvgIpc) is 3.01. The van der Waals surface area contributed by atoms with Crippen LogP contribution in [0.3, 0.4) is 0 Å². The Morgan fingerprint density at radius 1 is 1.43 bits per heavy atom. The van der Waals surface area contributed by atoms with E-state index in [0.717, 1.165) is 25.9 Å². The van der Waals surface area contributed by atoms with Gasteiger partial charge in [0.25, 0.3) is 0 Å². The molecule has 2 aromatic rings. The van der Waals surface area contributed by atoms with E-state index in [2.05, 4.69) is 46.6 Å². The molecule has 1 aromatic heterocycles. The minimum absolute atomic E-state index is 0.0840. The molecule has 3 rings (SSSR count). The lowest BCUT2D eigenvalue weighted by atomic mass is 9.91. The first-order chi connectivity index (χ1) is 10.3. The molecule has 1 aromatic carbocycles. The van der Waals surface area contributed by atoms with E-state index in [1.807, 2.05) is 0 Å². The van der Waals surface area contributed by atoms with Gasteiger partial charge in [-0.3, -0.25) is 0 Å². The summed E-state index contributed by atoms with van der Waals surface area (Å²) >= 11 is 0. The molecule has 0 bridgehead atoms. The summed E-state index contributed by atoms with van der Waals surface area (Å²) in [4.78, 5) is 4.58. The molecule has 2 atom stereocenters. The predicted molar refractivity (Wildman–Crippen MR) is 78.9 cm³/mol. The van der Waals surface area contributed by atoms with Crippen LogP contribution >= 0.6 is 0 Å². The van der Waals surface area contributed by atoms with Gasteiger partial charge in [0.1, 0.15) is 6.10 Å². The second kappa shape index (κ2) is 6.37. The molecule has 112 valence electrons. The lowest BCUT2D eigenvalue weighted by Gasteiger charge is -2.23. The van der Waals surface area contributed by atoms with Crippen molar-refractivity contribution in [3.63, 3.8) is 0 Å². The van der Waals surface area contributed by atoms with Gasteiger partial charge in [-0.1, -0.05) is 42.8 Å². The number of rotatable bonds is 5. The Hall–Kier alpha value is -1.72. The van der Waals surface area contributed by atoms with E-state index in [0.29, 0.717) is 11.7 Å². The van der Waals surface area contributed by atoms with E-state index < -0.39 is 0 Å². The van der Waals surface area contributed by atoms with Crippen molar-refractivity contribution in [2.24, 2.45) is 0 Å². The number of hydrogen-bond donors (Lipinski definition) is 1. The van der Waals surface area contributed by atoms with Crippen molar-refractivity contribution in [3.05, 3.63) is 47.1 Å². The number of ether oxygens (including phenoxy) is 1. The molecule has 5 nitrogen and oxygen atoms in total. The van der Waals surface area contributed by atoms with Gasteiger partial charge in [0.05, 0.1) is 5.92 Å². The Bertz CT molecular complexity index is 597. The summed E-state index contributed by atoms with van der Waals surface area (Å²) in [5.41, 5.74) is 2.57. The Morgan fingerprint density at radius 2 is 2.29 bits per heavy atom. The molecule has 5 heteroatoms. The Kier molecular flexibility index (Phi) is 4.31. The molecule has 2 unspecified atom stereocenters. The SMILES string of the molecule is CCCC(OC)c1noc(C2CNCc3ccccc32)n1. The smallest absolute Gasteiger partial charge is 0.235 e. The molecule has 1 aliphatic heterocycles. The van der Waals surface area contributed by atoms with Crippen LogP contribution in [-0.2, 0) is 11.3 Å². The van der Waals surface area contributed by atoms with Gasteiger partial charge in [-0.15, -0.1) is 0 Å². The summed E-state index contributed by atoms with van der Waals surface area (Å²) in [6.07, 6.45) is 1.84. The molecular formula is C16H21N3O2. The molecule has 0 fully saturated rings. The molecule has 21 heavy (non-hydrogen) atoms. The number of methoxy groups -OCH3 is 1. The molecule has 1 N–H and O–H groups in total. The predicted octanol–water partition coefficient (Wildman–Crippen LogP) is 2.79. The molecule has 2 heterocycles. The van der Waals surface area contributed by atoms with Gasteiger partial charge in [0.2, 0.25) is 11.7 Å². The van der Waals surface area contributed by atoms with Gasteiger partial charge >= 0.3 is 0 Å². The zero-order chi connectivity index (χ0) is 14.7. The third kappa shape index (κ3) is 2.84. The summed E-state index contributed by atoms with van der Waals surface area (Å²) in [6.45, 7) is 3.84. The van der Waals surface area contributed by atoms with Crippen LogP contribution in [-0.4, -0.2) is 23.8 Å². The van der Waals surface area contributed by atoms with Crippen LogP contribution in [0.15, 0.2) is 28.8 Å². The maximum absolute atomic E-state index is 5.51. The molecular weight excluding hydrogens is 266 g/mol. The number of hydrogen-bond acceptors (Lipinski definition) is 5. The molecule has 0 amide bonds. The van der Waals surface area contributed by atoms with Gasteiger partial charge in [0, 0.05) is 20.2 Å². The number of nitrogens with one attached hydrogen (secondary N) is 1. The van der Waals surface area contributed by atoms with Crippen LogP contribution in [0.5, 0.6) is 0 Å². The van der Waals surface area contributed by atoms with E-state index in [-0.39, 0.29) is 12.0 Å². The molecule has 0 aliphatic carbocycles. The summed E-state index contributed by atoms with van der Waals surface area (Å²) in [6, 6.07) is 8.40. The lowest BCUT2D eigenvalue weighted by Crippen LogP contribution is -2.28. The summed E-state index contributed by atoms with van der Waals surface area (Å²) < 4.78 is 11.0. The highest BCUT2D eigenvalue weighted by Crippen LogP contribution is 2.30. The van der Waals surface area contributed by atoms with Crippen molar-refractivity contribution in [2.75, 3.05) is 13.7 Å². The number of benzene rings is 1. The van der Waals surface area contributed by atoms with Gasteiger partial charge in [-0.25, -0.2) is 0 Å². The van der Waals surface area contributed by atoms with E-state index >= 15 is 0 Å². The standard InChI is InChI=1S/C16H21N3O2/c1-3-6-14(20-2)15-18-16(21-19-15)13-10-17-9-11-7-4-5-8-12(11)13/h4-5,7-8,13-14,17H,3,6,9-10H2,1-2H3. The Balaban J connectivity index is 1.87. The zero-order valence-electron chi connectivity index (χ0n) is 12.5. The number of nitrogens with zero attached hydrogens (tertiary/aromatic N) is 2. The van der Waals surface area contributed by atoms with Crippen molar-refractivity contribution in [2.45, 2.75) is 38.3 Å². The van der Waals surface area contributed by atoms with Crippen LogP contribution in [0.2, 0.25) is 0 Å². The van der Waals surface area contributed by atoms with Gasteiger partial charge in [0.15, 0.2) is 0 Å². The second-order valence-electron chi connectivity index (χ2n) is 5.39. The van der Waals surface area contributed by atoms with Crippen molar-refractivity contribution >= 4 is 0 Å². The molecule has 1 aliphatic rings. The largest absolute Gasteiger partial charge is 0.373 e. The van der Waals surface area contributed by atoms with Crippen LogP contribution in [0.1, 0.15) is 54.6 Å². The maximum atomic E-state index is 5.51. The minimum atomic E-state index is -0.0840. The highest BCUT2D eigenvalue weighted by atomic mass is 16.5. The molecule has 0 radical (unpaired) electrons. The summed E-state index contributed by atoms with van der Waals surface area (Å²) in [5, 5.41) is 7.52. The van der Waals surface area contributed by atoms with Crippen molar-refractivity contribution in [1.29, 1.82) is 0 Å². The average molecular weight is 287 g/mol. The van der Waals surface area contributed by atoms with Crippen LogP contribution in [0, 0.1) is 0 Å². The van der Waals surface area contributed by atoms with Crippen LogP contribution in [0.25, 0.3) is 0 Å². The minimum Gasteiger partial charge on any atom is -0.373 e. The Labute approximate surface area is 124 Å². The maximum Gasteiger partial charge on any atom is 0.235 e. The molecule has 0 saturated carbocycles. The van der Waals surface area contributed by atoms with E-state index in [1.54, 1.807) is 7.11 Å². The normalized spacial score (nSPS) is 19.2. The topological polar surface area (TPSA) is 60.2 Å². The van der Waals surface area contributed by atoms with Gasteiger partial charge in [-0.05, 0) is 17.5 Å². The quantitative estimate of drug-likeness (QED) is 0.916. The van der Waals surface area contributed by atoms with E-state index in [1.165, 1.54) is 11.1 Å². The fraction of sp³-hybridized carbons (Fsp3) is 0.500. The van der Waals surface area contributed by atoms with Crippen LogP contribution in [0.4, 0.5) is 0 Å². The molecule has 0 spiro atoms.